The number of carbonyl (C=O) groups excluding carboxylic acids is 1. The third kappa shape index (κ3) is 2.18. The number of para-hydroxylation sites is 1. The van der Waals surface area contributed by atoms with Crippen LogP contribution in [0.3, 0.4) is 0 Å². The average Bonchev–Trinajstić information content (AvgIpc) is 2.96. The van der Waals surface area contributed by atoms with Crippen molar-refractivity contribution < 1.29 is 13.9 Å². The Balaban J connectivity index is 2.10. The minimum Gasteiger partial charge on any atom is -0.442 e. The molecule has 2 N–H and O–H groups in total. The second-order valence-corrected chi connectivity index (χ2v) is 6.07. The lowest BCUT2D eigenvalue weighted by atomic mass is 9.89. The molecule has 0 aliphatic carbocycles. The summed E-state index contributed by atoms with van der Waals surface area (Å²) in [6.45, 7) is 1.45. The third-order valence-electron chi connectivity index (χ3n) is 4.53. The molecule has 0 saturated heterocycles. The summed E-state index contributed by atoms with van der Waals surface area (Å²) in [5, 5.41) is 10.2. The Morgan fingerprint density at radius 1 is 1.23 bits per heavy atom. The lowest BCUT2D eigenvalue weighted by Gasteiger charge is -2.26. The lowest BCUT2D eigenvalue weighted by molar-refractivity contribution is 0.0937. The van der Waals surface area contributed by atoms with Crippen molar-refractivity contribution in [2.24, 2.45) is 5.73 Å². The first-order valence-corrected chi connectivity index (χ1v) is 8.00. The van der Waals surface area contributed by atoms with E-state index in [1.165, 1.54) is 19.1 Å². The fourth-order valence-corrected chi connectivity index (χ4v) is 3.46. The van der Waals surface area contributed by atoms with Crippen molar-refractivity contribution in [2.75, 3.05) is 0 Å². The molecule has 128 valence electrons. The zero-order valence-electron chi connectivity index (χ0n) is 13.9. The van der Waals surface area contributed by atoms with Gasteiger partial charge in [-0.25, -0.2) is 4.39 Å². The Labute approximate surface area is 148 Å². The zero-order chi connectivity index (χ0) is 18.4. The zero-order valence-corrected chi connectivity index (χ0v) is 13.9. The largest absolute Gasteiger partial charge is 0.442 e. The molecule has 3 aromatic rings. The predicted molar refractivity (Wildman–Crippen MR) is 93.9 cm³/mol. The van der Waals surface area contributed by atoms with E-state index in [2.05, 4.69) is 0 Å². The second-order valence-electron chi connectivity index (χ2n) is 6.07. The summed E-state index contributed by atoms with van der Waals surface area (Å²) in [5.74, 6) is -0.762. The van der Waals surface area contributed by atoms with Gasteiger partial charge in [0.05, 0.1) is 22.8 Å². The number of hydrogen-bond donors (Lipinski definition) is 1. The fraction of sp³-hybridized carbons (Fsp3) is 0.100. The Bertz CT molecular complexity index is 1120. The summed E-state index contributed by atoms with van der Waals surface area (Å²) >= 11 is 0. The van der Waals surface area contributed by atoms with Crippen LogP contribution in [0.5, 0.6) is 5.75 Å². The Kier molecular flexibility index (Phi) is 3.51. The standard InChI is InChI=1S/C20H14FN3O2/c1-11(25)24-15-5-3-2-4-14(15)20-19(24)17(18(23)16(10-22)26-20)12-6-8-13(21)9-7-12/h2-9,17H,23H2,1H3. The van der Waals surface area contributed by atoms with Gasteiger partial charge in [-0.15, -0.1) is 0 Å². The number of aromatic nitrogens is 1. The number of benzene rings is 2. The van der Waals surface area contributed by atoms with Gasteiger partial charge in [-0.2, -0.15) is 5.26 Å². The van der Waals surface area contributed by atoms with Gasteiger partial charge in [-0.1, -0.05) is 24.3 Å². The second kappa shape index (κ2) is 5.74. The summed E-state index contributed by atoms with van der Waals surface area (Å²) in [5.41, 5.74) is 8.30. The number of rotatable bonds is 1. The number of ether oxygens (including phenoxy) is 1. The minimum absolute atomic E-state index is 0.0155. The number of fused-ring (bicyclic) bond motifs is 3. The van der Waals surface area contributed by atoms with Crippen molar-refractivity contribution in [3.8, 4) is 11.8 Å². The number of nitrogens with zero attached hydrogens (tertiary/aromatic N) is 2. The molecule has 0 bridgehead atoms. The molecule has 0 spiro atoms. The van der Waals surface area contributed by atoms with Crippen molar-refractivity contribution in [3.63, 3.8) is 0 Å². The predicted octanol–water partition coefficient (Wildman–Crippen LogP) is 3.66. The first-order chi connectivity index (χ1) is 12.5. The average molecular weight is 347 g/mol. The van der Waals surface area contributed by atoms with E-state index in [0.717, 1.165) is 0 Å². The number of carbonyl (C=O) groups is 1. The van der Waals surface area contributed by atoms with E-state index in [4.69, 9.17) is 10.5 Å². The Hall–Kier alpha value is -3.59. The highest BCUT2D eigenvalue weighted by molar-refractivity contribution is 5.98. The van der Waals surface area contributed by atoms with E-state index in [9.17, 15) is 14.4 Å². The molecule has 0 radical (unpaired) electrons. The molecule has 6 heteroatoms. The van der Waals surface area contributed by atoms with Gasteiger partial charge >= 0.3 is 0 Å². The lowest BCUT2D eigenvalue weighted by Crippen LogP contribution is -2.25. The van der Waals surface area contributed by atoms with Gasteiger partial charge < -0.3 is 10.5 Å². The SMILES string of the molecule is CC(=O)n1c2c(c3ccccc31)OC(C#N)=C(N)C2c1ccc(F)cc1. The molecular weight excluding hydrogens is 333 g/mol. The molecule has 0 amide bonds. The molecule has 5 nitrogen and oxygen atoms in total. The van der Waals surface area contributed by atoms with E-state index in [1.54, 1.807) is 16.7 Å². The summed E-state index contributed by atoms with van der Waals surface area (Å²) in [6.07, 6.45) is 0. The number of allylic oxidation sites excluding steroid dienone is 2. The molecule has 0 saturated carbocycles. The van der Waals surface area contributed by atoms with E-state index in [1.807, 2.05) is 30.3 Å². The van der Waals surface area contributed by atoms with Crippen molar-refractivity contribution in [3.05, 3.63) is 77.1 Å². The van der Waals surface area contributed by atoms with Crippen molar-refractivity contribution >= 4 is 16.8 Å². The molecular formula is C20H14FN3O2. The summed E-state index contributed by atoms with van der Waals surface area (Å²) in [4.78, 5) is 12.4. The molecule has 1 aliphatic heterocycles. The quantitative estimate of drug-likeness (QED) is 0.728. The summed E-state index contributed by atoms with van der Waals surface area (Å²) < 4.78 is 20.7. The Morgan fingerprint density at radius 2 is 1.92 bits per heavy atom. The van der Waals surface area contributed by atoms with Crippen LogP contribution in [0.4, 0.5) is 4.39 Å². The highest BCUT2D eigenvalue weighted by Gasteiger charge is 2.36. The molecule has 2 aromatic carbocycles. The van der Waals surface area contributed by atoms with Crippen LogP contribution in [0.1, 0.15) is 28.9 Å². The van der Waals surface area contributed by atoms with Crippen LogP contribution in [0.2, 0.25) is 0 Å². The summed E-state index contributed by atoms with van der Waals surface area (Å²) in [7, 11) is 0. The van der Waals surface area contributed by atoms with Gasteiger partial charge in [-0.3, -0.25) is 9.36 Å². The van der Waals surface area contributed by atoms with Crippen LogP contribution in [0.25, 0.3) is 10.9 Å². The number of nitrogens with two attached hydrogens (primary N) is 1. The van der Waals surface area contributed by atoms with Crippen LogP contribution in [-0.4, -0.2) is 10.5 Å². The maximum absolute atomic E-state index is 13.4. The van der Waals surface area contributed by atoms with Crippen LogP contribution >= 0.6 is 0 Å². The van der Waals surface area contributed by atoms with Crippen molar-refractivity contribution in [1.82, 2.24) is 4.57 Å². The topological polar surface area (TPSA) is 81.0 Å². The highest BCUT2D eigenvalue weighted by Crippen LogP contribution is 2.46. The minimum atomic E-state index is -0.592. The number of nitriles is 1. The fourth-order valence-electron chi connectivity index (χ4n) is 3.46. The van der Waals surface area contributed by atoms with Crippen LogP contribution in [0.15, 0.2) is 60.0 Å². The van der Waals surface area contributed by atoms with Gasteiger partial charge in [0, 0.05) is 12.3 Å². The van der Waals surface area contributed by atoms with Gasteiger partial charge in [0.2, 0.25) is 11.7 Å². The molecule has 4 rings (SSSR count). The van der Waals surface area contributed by atoms with Crippen molar-refractivity contribution in [1.29, 1.82) is 5.26 Å². The van der Waals surface area contributed by atoms with Gasteiger partial charge in [-0.05, 0) is 29.8 Å². The van der Waals surface area contributed by atoms with E-state index in [0.29, 0.717) is 27.9 Å². The van der Waals surface area contributed by atoms with E-state index < -0.39 is 5.92 Å². The smallest absolute Gasteiger partial charge is 0.228 e. The first kappa shape index (κ1) is 15.9. The van der Waals surface area contributed by atoms with Crippen LogP contribution in [0, 0.1) is 17.1 Å². The van der Waals surface area contributed by atoms with Gasteiger partial charge in [0.1, 0.15) is 11.9 Å². The highest BCUT2D eigenvalue weighted by atomic mass is 19.1. The number of halogens is 1. The van der Waals surface area contributed by atoms with E-state index >= 15 is 0 Å². The molecule has 26 heavy (non-hydrogen) atoms. The number of hydrogen-bond acceptors (Lipinski definition) is 4. The molecule has 2 heterocycles. The molecule has 1 unspecified atom stereocenters. The van der Waals surface area contributed by atoms with Gasteiger partial charge in [0.25, 0.3) is 0 Å². The van der Waals surface area contributed by atoms with E-state index in [-0.39, 0.29) is 23.2 Å². The third-order valence-corrected chi connectivity index (χ3v) is 4.53. The molecule has 0 fully saturated rings. The maximum Gasteiger partial charge on any atom is 0.228 e. The maximum atomic E-state index is 13.4. The Morgan fingerprint density at radius 3 is 2.58 bits per heavy atom. The monoisotopic (exact) mass is 347 g/mol. The first-order valence-electron chi connectivity index (χ1n) is 8.00. The normalized spacial score (nSPS) is 16.1. The summed E-state index contributed by atoms with van der Waals surface area (Å²) in [6, 6.07) is 15.1. The molecule has 1 atom stereocenters. The van der Waals surface area contributed by atoms with Crippen LogP contribution < -0.4 is 10.5 Å². The molecule has 1 aromatic heterocycles. The van der Waals surface area contributed by atoms with Gasteiger partial charge in [0.15, 0.2) is 5.75 Å². The van der Waals surface area contributed by atoms with Crippen LogP contribution in [-0.2, 0) is 0 Å². The van der Waals surface area contributed by atoms with Crippen molar-refractivity contribution in [2.45, 2.75) is 12.8 Å². The molecule has 1 aliphatic rings.